The summed E-state index contributed by atoms with van der Waals surface area (Å²) in [5.41, 5.74) is 0.695. The van der Waals surface area contributed by atoms with Gasteiger partial charge in [-0.3, -0.25) is 4.79 Å². The molecule has 0 radical (unpaired) electrons. The van der Waals surface area contributed by atoms with Gasteiger partial charge in [0.2, 0.25) is 0 Å². The van der Waals surface area contributed by atoms with Gasteiger partial charge in [-0.05, 0) is 45.0 Å². The standard InChI is InChI=1S/C16H25NO4/c1-6-21-15(18)11-16(2,17-3)10-12-7-8-13(19-4)14(9-12)20-5/h7-9,17H,6,10-11H2,1-5H3. The molecule has 1 atom stereocenters. The molecule has 0 bridgehead atoms. The molecule has 0 fully saturated rings. The van der Waals surface area contributed by atoms with Crippen LogP contribution in [0.15, 0.2) is 18.2 Å². The molecule has 21 heavy (non-hydrogen) atoms. The van der Waals surface area contributed by atoms with Gasteiger partial charge in [0.1, 0.15) is 0 Å². The van der Waals surface area contributed by atoms with Gasteiger partial charge in [-0.1, -0.05) is 6.07 Å². The first kappa shape index (κ1) is 17.3. The molecule has 0 saturated heterocycles. The first-order chi connectivity index (χ1) is 9.97. The summed E-state index contributed by atoms with van der Waals surface area (Å²) in [6.07, 6.45) is 0.994. The minimum Gasteiger partial charge on any atom is -0.493 e. The molecule has 0 aromatic heterocycles. The number of hydrogen-bond donors (Lipinski definition) is 1. The first-order valence-electron chi connectivity index (χ1n) is 7.03. The number of methoxy groups -OCH3 is 2. The molecule has 0 saturated carbocycles. The number of hydrogen-bond acceptors (Lipinski definition) is 5. The molecule has 0 heterocycles. The average Bonchev–Trinajstić information content (AvgIpc) is 2.47. The van der Waals surface area contributed by atoms with Crippen LogP contribution in [0.3, 0.4) is 0 Å². The molecule has 0 aliphatic carbocycles. The fraction of sp³-hybridized carbons (Fsp3) is 0.562. The number of likely N-dealkylation sites (N-methyl/N-ethyl adjacent to an activating group) is 1. The van der Waals surface area contributed by atoms with Crippen molar-refractivity contribution >= 4 is 5.97 Å². The van der Waals surface area contributed by atoms with E-state index in [4.69, 9.17) is 14.2 Å². The van der Waals surface area contributed by atoms with Crippen LogP contribution in [-0.2, 0) is 16.0 Å². The van der Waals surface area contributed by atoms with Crippen LogP contribution in [0.5, 0.6) is 11.5 Å². The predicted octanol–water partition coefficient (Wildman–Crippen LogP) is 2.18. The lowest BCUT2D eigenvalue weighted by Crippen LogP contribution is -2.44. The Hall–Kier alpha value is -1.75. The van der Waals surface area contributed by atoms with Gasteiger partial charge in [-0.25, -0.2) is 0 Å². The van der Waals surface area contributed by atoms with E-state index < -0.39 is 0 Å². The Kier molecular flexibility index (Phi) is 6.49. The lowest BCUT2D eigenvalue weighted by atomic mass is 9.89. The highest BCUT2D eigenvalue weighted by molar-refractivity contribution is 5.71. The van der Waals surface area contributed by atoms with Crippen molar-refractivity contribution in [2.45, 2.75) is 32.2 Å². The Balaban J connectivity index is 2.87. The number of esters is 1. The van der Waals surface area contributed by atoms with Crippen LogP contribution in [0.2, 0.25) is 0 Å². The summed E-state index contributed by atoms with van der Waals surface area (Å²) in [7, 11) is 5.06. The number of carbonyl (C=O) groups is 1. The van der Waals surface area contributed by atoms with E-state index in [2.05, 4.69) is 5.32 Å². The minimum absolute atomic E-state index is 0.199. The van der Waals surface area contributed by atoms with Crippen molar-refractivity contribution in [3.63, 3.8) is 0 Å². The maximum absolute atomic E-state index is 11.7. The van der Waals surface area contributed by atoms with Gasteiger partial charge in [0.25, 0.3) is 0 Å². The van der Waals surface area contributed by atoms with Crippen LogP contribution >= 0.6 is 0 Å². The number of rotatable bonds is 8. The summed E-state index contributed by atoms with van der Waals surface area (Å²) in [6, 6.07) is 5.77. The summed E-state index contributed by atoms with van der Waals surface area (Å²) in [5.74, 6) is 1.18. The Morgan fingerprint density at radius 1 is 1.24 bits per heavy atom. The van der Waals surface area contributed by atoms with Gasteiger partial charge in [0.05, 0.1) is 27.2 Å². The van der Waals surface area contributed by atoms with Crippen molar-refractivity contribution in [2.24, 2.45) is 0 Å². The van der Waals surface area contributed by atoms with Gasteiger partial charge in [0, 0.05) is 5.54 Å². The summed E-state index contributed by atoms with van der Waals surface area (Å²) in [5, 5.41) is 3.21. The zero-order valence-corrected chi connectivity index (χ0v) is 13.5. The molecule has 1 aromatic rings. The Morgan fingerprint density at radius 3 is 2.43 bits per heavy atom. The van der Waals surface area contributed by atoms with Crippen molar-refractivity contribution in [1.29, 1.82) is 0 Å². The number of ether oxygens (including phenoxy) is 3. The monoisotopic (exact) mass is 295 g/mol. The molecule has 1 N–H and O–H groups in total. The van der Waals surface area contributed by atoms with E-state index in [0.29, 0.717) is 30.9 Å². The average molecular weight is 295 g/mol. The van der Waals surface area contributed by atoms with Crippen molar-refractivity contribution in [2.75, 3.05) is 27.9 Å². The zero-order chi connectivity index (χ0) is 15.9. The molecule has 118 valence electrons. The van der Waals surface area contributed by atoms with E-state index in [9.17, 15) is 4.79 Å². The maximum atomic E-state index is 11.7. The molecule has 0 aliphatic rings. The Labute approximate surface area is 126 Å². The molecule has 0 amide bonds. The molecule has 0 spiro atoms. The number of benzene rings is 1. The van der Waals surface area contributed by atoms with Gasteiger partial charge in [-0.2, -0.15) is 0 Å². The Bertz CT molecular complexity index is 475. The van der Waals surface area contributed by atoms with Crippen LogP contribution in [0.4, 0.5) is 0 Å². The van der Waals surface area contributed by atoms with E-state index >= 15 is 0 Å². The van der Waals surface area contributed by atoms with Crippen molar-refractivity contribution in [3.8, 4) is 11.5 Å². The van der Waals surface area contributed by atoms with Crippen molar-refractivity contribution in [1.82, 2.24) is 5.32 Å². The lowest BCUT2D eigenvalue weighted by Gasteiger charge is -2.28. The molecular weight excluding hydrogens is 270 g/mol. The molecule has 1 aromatic carbocycles. The van der Waals surface area contributed by atoms with Crippen LogP contribution in [-0.4, -0.2) is 39.4 Å². The molecule has 5 heteroatoms. The SMILES string of the molecule is CCOC(=O)CC(C)(Cc1ccc(OC)c(OC)c1)NC. The van der Waals surface area contributed by atoms with E-state index in [0.717, 1.165) is 5.56 Å². The summed E-state index contributed by atoms with van der Waals surface area (Å²) in [4.78, 5) is 11.7. The maximum Gasteiger partial charge on any atom is 0.307 e. The second kappa shape index (κ2) is 7.88. The normalized spacial score (nSPS) is 13.4. The number of carbonyl (C=O) groups excluding carboxylic acids is 1. The third-order valence-corrected chi connectivity index (χ3v) is 3.49. The fourth-order valence-electron chi connectivity index (χ4n) is 2.21. The lowest BCUT2D eigenvalue weighted by molar-refractivity contribution is -0.144. The topological polar surface area (TPSA) is 56.8 Å². The smallest absolute Gasteiger partial charge is 0.307 e. The van der Waals surface area contributed by atoms with E-state index in [1.807, 2.05) is 39.1 Å². The second-order valence-electron chi connectivity index (χ2n) is 5.16. The van der Waals surface area contributed by atoms with Crippen LogP contribution in [0.1, 0.15) is 25.8 Å². The van der Waals surface area contributed by atoms with Gasteiger partial charge in [-0.15, -0.1) is 0 Å². The Morgan fingerprint density at radius 2 is 1.90 bits per heavy atom. The highest BCUT2D eigenvalue weighted by Crippen LogP contribution is 2.29. The minimum atomic E-state index is -0.369. The van der Waals surface area contributed by atoms with Crippen LogP contribution in [0, 0.1) is 0 Å². The molecule has 1 rings (SSSR count). The third-order valence-electron chi connectivity index (χ3n) is 3.49. The number of nitrogens with one attached hydrogen (secondary N) is 1. The van der Waals surface area contributed by atoms with Crippen molar-refractivity contribution in [3.05, 3.63) is 23.8 Å². The van der Waals surface area contributed by atoms with Gasteiger partial charge >= 0.3 is 5.97 Å². The quantitative estimate of drug-likeness (QED) is 0.745. The van der Waals surface area contributed by atoms with Gasteiger partial charge in [0.15, 0.2) is 11.5 Å². The second-order valence-corrected chi connectivity index (χ2v) is 5.16. The zero-order valence-electron chi connectivity index (χ0n) is 13.5. The van der Waals surface area contributed by atoms with E-state index in [-0.39, 0.29) is 11.5 Å². The molecular formula is C16H25NO4. The first-order valence-corrected chi connectivity index (χ1v) is 7.03. The molecule has 1 unspecified atom stereocenters. The van der Waals surface area contributed by atoms with Crippen LogP contribution in [0.25, 0.3) is 0 Å². The van der Waals surface area contributed by atoms with Crippen molar-refractivity contribution < 1.29 is 19.0 Å². The molecule has 0 aliphatic heterocycles. The highest BCUT2D eigenvalue weighted by Gasteiger charge is 2.27. The highest BCUT2D eigenvalue weighted by atomic mass is 16.5. The van der Waals surface area contributed by atoms with E-state index in [1.165, 1.54) is 0 Å². The predicted molar refractivity (Wildman–Crippen MR) is 82.0 cm³/mol. The summed E-state index contributed by atoms with van der Waals surface area (Å²) in [6.45, 7) is 4.21. The third kappa shape index (κ3) is 4.93. The molecule has 5 nitrogen and oxygen atoms in total. The largest absolute Gasteiger partial charge is 0.493 e. The fourth-order valence-corrected chi connectivity index (χ4v) is 2.21. The summed E-state index contributed by atoms with van der Waals surface area (Å²) < 4.78 is 15.6. The van der Waals surface area contributed by atoms with Crippen LogP contribution < -0.4 is 14.8 Å². The summed E-state index contributed by atoms with van der Waals surface area (Å²) >= 11 is 0. The van der Waals surface area contributed by atoms with E-state index in [1.54, 1.807) is 14.2 Å². The van der Waals surface area contributed by atoms with Gasteiger partial charge < -0.3 is 19.5 Å².